The topological polar surface area (TPSA) is 24.1 Å². The summed E-state index contributed by atoms with van der Waals surface area (Å²) in [6.45, 7) is 4.38. The van der Waals surface area contributed by atoms with Gasteiger partial charge in [0.25, 0.3) is 0 Å². The molecule has 0 bridgehead atoms. The van der Waals surface area contributed by atoms with Crippen molar-refractivity contribution in [2.75, 3.05) is 13.1 Å². The molecule has 2 atom stereocenters. The molecule has 3 heteroatoms. The van der Waals surface area contributed by atoms with Crippen molar-refractivity contribution in [1.82, 2.24) is 10.6 Å². The quantitative estimate of drug-likeness (QED) is 0.789. The highest BCUT2D eigenvalue weighted by Crippen LogP contribution is 2.32. The molecule has 0 spiro atoms. The van der Waals surface area contributed by atoms with E-state index in [1.165, 1.54) is 15.6 Å². The van der Waals surface area contributed by atoms with Crippen molar-refractivity contribution in [3.63, 3.8) is 0 Å². The van der Waals surface area contributed by atoms with Crippen LogP contribution in [-0.2, 0) is 0 Å². The minimum Gasteiger partial charge on any atom is -0.311 e. The summed E-state index contributed by atoms with van der Waals surface area (Å²) in [6.07, 6.45) is 0. The summed E-state index contributed by atoms with van der Waals surface area (Å²) < 4.78 is 1.39. The third-order valence-electron chi connectivity index (χ3n) is 3.30. The van der Waals surface area contributed by atoms with Gasteiger partial charge in [-0.05, 0) is 29.3 Å². The van der Waals surface area contributed by atoms with E-state index in [4.69, 9.17) is 0 Å². The number of thiophene rings is 1. The molecule has 3 rings (SSSR count). The molecule has 2 heterocycles. The maximum absolute atomic E-state index is 3.61. The summed E-state index contributed by atoms with van der Waals surface area (Å²) in [6, 6.07) is 9.61. The number of benzene rings is 1. The van der Waals surface area contributed by atoms with Gasteiger partial charge >= 0.3 is 0 Å². The van der Waals surface area contributed by atoms with Gasteiger partial charge in [-0.1, -0.05) is 18.2 Å². The Morgan fingerprint density at radius 2 is 2.00 bits per heavy atom. The Bertz CT molecular complexity index is 491. The number of fused-ring (bicyclic) bond motifs is 1. The molecule has 1 aromatic heterocycles. The SMILES string of the molecule is CC1NCCNC1c1csc2ccccc12. The molecule has 2 nitrogen and oxygen atoms in total. The van der Waals surface area contributed by atoms with E-state index >= 15 is 0 Å². The van der Waals surface area contributed by atoms with E-state index < -0.39 is 0 Å². The zero-order chi connectivity index (χ0) is 11.0. The largest absolute Gasteiger partial charge is 0.311 e. The zero-order valence-corrected chi connectivity index (χ0v) is 10.2. The molecule has 2 unspecified atom stereocenters. The Morgan fingerprint density at radius 3 is 2.88 bits per heavy atom. The molecule has 0 radical (unpaired) electrons. The van der Waals surface area contributed by atoms with Gasteiger partial charge in [-0.2, -0.15) is 0 Å². The number of rotatable bonds is 1. The first-order valence-electron chi connectivity index (χ1n) is 5.79. The average molecular weight is 232 g/mol. The highest BCUT2D eigenvalue weighted by Gasteiger charge is 2.23. The summed E-state index contributed by atoms with van der Waals surface area (Å²) >= 11 is 1.84. The third kappa shape index (κ3) is 1.65. The van der Waals surface area contributed by atoms with Crippen LogP contribution in [0.2, 0.25) is 0 Å². The van der Waals surface area contributed by atoms with Crippen molar-refractivity contribution in [2.45, 2.75) is 19.0 Å². The van der Waals surface area contributed by atoms with Gasteiger partial charge in [-0.25, -0.2) is 0 Å². The Morgan fingerprint density at radius 1 is 1.19 bits per heavy atom. The molecule has 2 aromatic rings. The Labute approximate surface area is 99.7 Å². The number of nitrogens with one attached hydrogen (secondary N) is 2. The fraction of sp³-hybridized carbons (Fsp3) is 0.385. The first kappa shape index (κ1) is 10.3. The predicted molar refractivity (Wildman–Crippen MR) is 70.0 cm³/mol. The monoisotopic (exact) mass is 232 g/mol. The molecule has 84 valence electrons. The summed E-state index contributed by atoms with van der Waals surface area (Å²) in [5, 5.41) is 10.8. The van der Waals surface area contributed by atoms with Crippen LogP contribution >= 0.6 is 11.3 Å². The summed E-state index contributed by atoms with van der Waals surface area (Å²) in [5.74, 6) is 0. The molecule has 0 aliphatic carbocycles. The lowest BCUT2D eigenvalue weighted by Crippen LogP contribution is -2.48. The highest BCUT2D eigenvalue weighted by atomic mass is 32.1. The summed E-state index contributed by atoms with van der Waals surface area (Å²) in [4.78, 5) is 0. The van der Waals surface area contributed by atoms with Gasteiger partial charge in [0.05, 0.1) is 0 Å². The van der Waals surface area contributed by atoms with Crippen molar-refractivity contribution >= 4 is 21.4 Å². The van der Waals surface area contributed by atoms with E-state index in [0.29, 0.717) is 12.1 Å². The van der Waals surface area contributed by atoms with Gasteiger partial charge in [-0.15, -0.1) is 11.3 Å². The zero-order valence-electron chi connectivity index (χ0n) is 9.36. The molecule has 1 aliphatic rings. The van der Waals surface area contributed by atoms with Crippen LogP contribution in [0.15, 0.2) is 29.6 Å². The minimum absolute atomic E-state index is 0.449. The maximum atomic E-state index is 3.61. The first-order valence-corrected chi connectivity index (χ1v) is 6.67. The lowest BCUT2D eigenvalue weighted by atomic mass is 9.98. The standard InChI is InChI=1S/C13H16N2S/c1-9-13(15-7-6-14-9)11-8-16-12-5-3-2-4-10(11)12/h2-5,8-9,13-15H,6-7H2,1H3. The molecule has 2 N–H and O–H groups in total. The summed E-state index contributed by atoms with van der Waals surface area (Å²) in [5.41, 5.74) is 1.44. The number of hydrogen-bond acceptors (Lipinski definition) is 3. The number of piperazine rings is 1. The lowest BCUT2D eigenvalue weighted by molar-refractivity contribution is 0.348. The van der Waals surface area contributed by atoms with E-state index in [-0.39, 0.29) is 0 Å². The Hall–Kier alpha value is -0.900. The molecule has 0 amide bonds. The second-order valence-electron chi connectivity index (χ2n) is 4.36. The predicted octanol–water partition coefficient (Wildman–Crippen LogP) is 2.52. The van der Waals surface area contributed by atoms with E-state index in [9.17, 15) is 0 Å². The van der Waals surface area contributed by atoms with E-state index in [0.717, 1.165) is 13.1 Å². The van der Waals surface area contributed by atoms with Crippen LogP contribution in [0.3, 0.4) is 0 Å². The molecule has 16 heavy (non-hydrogen) atoms. The molecule has 1 fully saturated rings. The normalized spacial score (nSPS) is 26.1. The minimum atomic E-state index is 0.449. The molecule has 1 saturated heterocycles. The molecular formula is C13H16N2S. The second kappa shape index (κ2) is 4.17. The van der Waals surface area contributed by atoms with E-state index in [1.807, 2.05) is 11.3 Å². The third-order valence-corrected chi connectivity index (χ3v) is 4.28. The van der Waals surface area contributed by atoms with Gasteiger partial charge in [-0.3, -0.25) is 0 Å². The van der Waals surface area contributed by atoms with Crippen LogP contribution in [0.4, 0.5) is 0 Å². The maximum Gasteiger partial charge on any atom is 0.0488 e. The van der Waals surface area contributed by atoms with Crippen LogP contribution in [0, 0.1) is 0 Å². The van der Waals surface area contributed by atoms with Gasteiger partial charge in [0.2, 0.25) is 0 Å². The van der Waals surface area contributed by atoms with Gasteiger partial charge < -0.3 is 10.6 Å². The van der Waals surface area contributed by atoms with E-state index in [2.05, 4.69) is 47.2 Å². The molecule has 0 saturated carbocycles. The second-order valence-corrected chi connectivity index (χ2v) is 5.27. The molecular weight excluding hydrogens is 216 g/mol. The lowest BCUT2D eigenvalue weighted by Gasteiger charge is -2.31. The summed E-state index contributed by atoms with van der Waals surface area (Å²) in [7, 11) is 0. The van der Waals surface area contributed by atoms with Crippen molar-refractivity contribution in [1.29, 1.82) is 0 Å². The van der Waals surface area contributed by atoms with E-state index in [1.54, 1.807) is 0 Å². The van der Waals surface area contributed by atoms with Crippen LogP contribution in [0.5, 0.6) is 0 Å². The smallest absolute Gasteiger partial charge is 0.0488 e. The fourth-order valence-electron chi connectivity index (χ4n) is 2.44. The van der Waals surface area contributed by atoms with Crippen molar-refractivity contribution in [3.05, 3.63) is 35.2 Å². The highest BCUT2D eigenvalue weighted by molar-refractivity contribution is 7.17. The van der Waals surface area contributed by atoms with Gasteiger partial charge in [0.15, 0.2) is 0 Å². The van der Waals surface area contributed by atoms with Gasteiger partial charge in [0.1, 0.15) is 0 Å². The van der Waals surface area contributed by atoms with Crippen LogP contribution < -0.4 is 10.6 Å². The van der Waals surface area contributed by atoms with Crippen molar-refractivity contribution in [3.8, 4) is 0 Å². The molecule has 1 aliphatic heterocycles. The van der Waals surface area contributed by atoms with Crippen LogP contribution in [-0.4, -0.2) is 19.1 Å². The van der Waals surface area contributed by atoms with Crippen LogP contribution in [0.1, 0.15) is 18.5 Å². The van der Waals surface area contributed by atoms with Crippen molar-refractivity contribution in [2.24, 2.45) is 0 Å². The van der Waals surface area contributed by atoms with Gasteiger partial charge in [0, 0.05) is 29.9 Å². The first-order chi connectivity index (χ1) is 7.86. The van der Waals surface area contributed by atoms with Crippen LogP contribution in [0.25, 0.3) is 10.1 Å². The Kier molecular flexibility index (Phi) is 2.67. The number of hydrogen-bond donors (Lipinski definition) is 2. The average Bonchev–Trinajstić information content (AvgIpc) is 2.74. The van der Waals surface area contributed by atoms with Crippen molar-refractivity contribution < 1.29 is 0 Å². The fourth-order valence-corrected chi connectivity index (χ4v) is 3.44. The Balaban J connectivity index is 2.04. The molecule has 1 aromatic carbocycles.